The van der Waals surface area contributed by atoms with Crippen molar-refractivity contribution < 1.29 is 14.3 Å². The molecule has 0 saturated carbocycles. The topological polar surface area (TPSA) is 67.5 Å². The van der Waals surface area contributed by atoms with Crippen molar-refractivity contribution in [1.82, 2.24) is 0 Å². The average Bonchev–Trinajstić information content (AvgIpc) is 2.36. The highest BCUT2D eigenvalue weighted by molar-refractivity contribution is 5.84. The van der Waals surface area contributed by atoms with Gasteiger partial charge in [0.2, 0.25) is 0 Å². The summed E-state index contributed by atoms with van der Waals surface area (Å²) >= 11 is 0. The highest BCUT2D eigenvalue weighted by atomic mass is 16.4. The van der Waals surface area contributed by atoms with E-state index in [1.54, 1.807) is 31.2 Å². The Kier molecular flexibility index (Phi) is 3.46. The van der Waals surface area contributed by atoms with Gasteiger partial charge in [0.1, 0.15) is 17.6 Å². The summed E-state index contributed by atoms with van der Waals surface area (Å²) in [6, 6.07) is 6.84. The molecule has 1 heterocycles. The standard InChI is InChI=1S/C14H14O4/c1-9(5-4-8-15)12-13(16)10-6-2-3-7-11(10)18-14(12)17/h2-3,6-9,16H,4-5H2,1H3/t9-/m1/s1. The maximum atomic E-state index is 11.8. The molecule has 0 aliphatic heterocycles. The molecule has 0 unspecified atom stereocenters. The van der Waals surface area contributed by atoms with E-state index in [2.05, 4.69) is 0 Å². The van der Waals surface area contributed by atoms with Crippen LogP contribution in [0.1, 0.15) is 31.2 Å². The quantitative estimate of drug-likeness (QED) is 0.665. The van der Waals surface area contributed by atoms with E-state index in [1.165, 1.54) is 0 Å². The summed E-state index contributed by atoms with van der Waals surface area (Å²) in [5, 5.41) is 10.7. The molecule has 2 aromatic rings. The molecule has 1 aromatic carbocycles. The number of para-hydroxylation sites is 1. The Labute approximate surface area is 104 Å². The van der Waals surface area contributed by atoms with Gasteiger partial charge in [0, 0.05) is 6.42 Å². The molecular formula is C14H14O4. The van der Waals surface area contributed by atoms with E-state index in [9.17, 15) is 14.7 Å². The zero-order valence-electron chi connectivity index (χ0n) is 10.1. The van der Waals surface area contributed by atoms with Crippen molar-refractivity contribution in [3.05, 3.63) is 40.2 Å². The lowest BCUT2D eigenvalue weighted by Crippen LogP contribution is -2.11. The molecule has 4 nitrogen and oxygen atoms in total. The third-order valence-electron chi connectivity index (χ3n) is 3.03. The first-order valence-corrected chi connectivity index (χ1v) is 5.83. The number of hydrogen-bond acceptors (Lipinski definition) is 4. The van der Waals surface area contributed by atoms with E-state index in [1.807, 2.05) is 0 Å². The van der Waals surface area contributed by atoms with Gasteiger partial charge in [0.05, 0.1) is 10.9 Å². The van der Waals surface area contributed by atoms with Crippen molar-refractivity contribution in [3.8, 4) is 5.75 Å². The molecule has 18 heavy (non-hydrogen) atoms. The fraction of sp³-hybridized carbons (Fsp3) is 0.286. The van der Waals surface area contributed by atoms with Crippen LogP contribution < -0.4 is 5.63 Å². The minimum absolute atomic E-state index is 0.0414. The summed E-state index contributed by atoms with van der Waals surface area (Å²) in [7, 11) is 0. The number of benzene rings is 1. The van der Waals surface area contributed by atoms with Crippen LogP contribution >= 0.6 is 0 Å². The molecular weight excluding hydrogens is 232 g/mol. The van der Waals surface area contributed by atoms with E-state index >= 15 is 0 Å². The monoisotopic (exact) mass is 246 g/mol. The summed E-state index contributed by atoms with van der Waals surface area (Å²) in [5.41, 5.74) is 0.0755. The van der Waals surface area contributed by atoms with Crippen LogP contribution in [-0.2, 0) is 4.79 Å². The minimum Gasteiger partial charge on any atom is -0.507 e. The first-order valence-electron chi connectivity index (χ1n) is 5.83. The fourth-order valence-corrected chi connectivity index (χ4v) is 2.04. The van der Waals surface area contributed by atoms with Crippen LogP contribution in [0.5, 0.6) is 5.75 Å². The van der Waals surface area contributed by atoms with Crippen LogP contribution in [-0.4, -0.2) is 11.4 Å². The third kappa shape index (κ3) is 2.14. The molecule has 0 spiro atoms. The normalized spacial score (nSPS) is 12.5. The van der Waals surface area contributed by atoms with Crippen molar-refractivity contribution in [2.45, 2.75) is 25.7 Å². The molecule has 1 N–H and O–H groups in total. The zero-order chi connectivity index (χ0) is 13.1. The second-order valence-corrected chi connectivity index (χ2v) is 4.29. The van der Waals surface area contributed by atoms with Crippen molar-refractivity contribution >= 4 is 17.3 Å². The van der Waals surface area contributed by atoms with Gasteiger partial charge in [0.15, 0.2) is 0 Å². The molecule has 4 heteroatoms. The SMILES string of the molecule is C[C@H](CCC=O)c1c(O)c2ccccc2oc1=O. The van der Waals surface area contributed by atoms with E-state index < -0.39 is 5.63 Å². The van der Waals surface area contributed by atoms with Crippen LogP contribution in [0, 0.1) is 0 Å². The number of rotatable bonds is 4. The van der Waals surface area contributed by atoms with Crippen LogP contribution in [0.2, 0.25) is 0 Å². The fourth-order valence-electron chi connectivity index (χ4n) is 2.04. The number of hydrogen-bond donors (Lipinski definition) is 1. The molecule has 2 rings (SSSR count). The first kappa shape index (κ1) is 12.4. The van der Waals surface area contributed by atoms with Gasteiger partial charge in [-0.15, -0.1) is 0 Å². The molecule has 0 fully saturated rings. The molecule has 0 bridgehead atoms. The molecule has 1 atom stereocenters. The molecule has 0 saturated heterocycles. The predicted molar refractivity (Wildman–Crippen MR) is 67.9 cm³/mol. The summed E-state index contributed by atoms with van der Waals surface area (Å²) < 4.78 is 5.17. The van der Waals surface area contributed by atoms with Crippen molar-refractivity contribution in [1.29, 1.82) is 0 Å². The first-order chi connectivity index (χ1) is 8.65. The van der Waals surface area contributed by atoms with Crippen LogP contribution in [0.4, 0.5) is 0 Å². The smallest absolute Gasteiger partial charge is 0.343 e. The largest absolute Gasteiger partial charge is 0.507 e. The summed E-state index contributed by atoms with van der Waals surface area (Å²) in [5.74, 6) is -0.253. The second kappa shape index (κ2) is 5.04. The Balaban J connectivity index is 2.57. The zero-order valence-corrected chi connectivity index (χ0v) is 10.1. The van der Waals surface area contributed by atoms with Crippen LogP contribution in [0.15, 0.2) is 33.5 Å². The number of carbonyl (C=O) groups excluding carboxylic acids is 1. The van der Waals surface area contributed by atoms with Gasteiger partial charge in [-0.3, -0.25) is 0 Å². The number of aldehydes is 1. The van der Waals surface area contributed by atoms with Gasteiger partial charge in [-0.2, -0.15) is 0 Å². The number of carbonyl (C=O) groups is 1. The average molecular weight is 246 g/mol. The van der Waals surface area contributed by atoms with Gasteiger partial charge >= 0.3 is 5.63 Å². The predicted octanol–water partition coefficient (Wildman–Crippen LogP) is 2.58. The number of aromatic hydroxyl groups is 1. The minimum atomic E-state index is -0.537. The van der Waals surface area contributed by atoms with E-state index in [4.69, 9.17) is 4.42 Å². The maximum Gasteiger partial charge on any atom is 0.343 e. The van der Waals surface area contributed by atoms with E-state index in [0.717, 1.165) is 6.29 Å². The van der Waals surface area contributed by atoms with Gasteiger partial charge in [-0.05, 0) is 24.5 Å². The highest BCUT2D eigenvalue weighted by Crippen LogP contribution is 2.32. The molecule has 0 aliphatic carbocycles. The summed E-state index contributed by atoms with van der Waals surface area (Å²) in [4.78, 5) is 22.2. The lowest BCUT2D eigenvalue weighted by atomic mass is 9.96. The molecule has 94 valence electrons. The van der Waals surface area contributed by atoms with Crippen molar-refractivity contribution in [2.24, 2.45) is 0 Å². The molecule has 0 amide bonds. The molecule has 0 radical (unpaired) electrons. The molecule has 1 aromatic heterocycles. The Morgan fingerprint density at radius 1 is 1.39 bits per heavy atom. The van der Waals surface area contributed by atoms with Gasteiger partial charge in [0.25, 0.3) is 0 Å². The molecule has 0 aliphatic rings. The van der Waals surface area contributed by atoms with Crippen LogP contribution in [0.3, 0.4) is 0 Å². The van der Waals surface area contributed by atoms with E-state index in [0.29, 0.717) is 23.8 Å². The lowest BCUT2D eigenvalue weighted by Gasteiger charge is -2.11. The third-order valence-corrected chi connectivity index (χ3v) is 3.03. The van der Waals surface area contributed by atoms with Gasteiger partial charge in [-0.1, -0.05) is 19.1 Å². The van der Waals surface area contributed by atoms with Gasteiger partial charge < -0.3 is 14.3 Å². The Bertz CT molecular complexity index is 627. The van der Waals surface area contributed by atoms with Crippen molar-refractivity contribution in [2.75, 3.05) is 0 Å². The van der Waals surface area contributed by atoms with Crippen LogP contribution in [0.25, 0.3) is 11.0 Å². The van der Waals surface area contributed by atoms with Crippen molar-refractivity contribution in [3.63, 3.8) is 0 Å². The number of fused-ring (bicyclic) bond motifs is 1. The Hall–Kier alpha value is -2.10. The summed E-state index contributed by atoms with van der Waals surface area (Å²) in [6.45, 7) is 1.80. The van der Waals surface area contributed by atoms with E-state index in [-0.39, 0.29) is 17.2 Å². The maximum absolute atomic E-state index is 11.8. The highest BCUT2D eigenvalue weighted by Gasteiger charge is 2.19. The lowest BCUT2D eigenvalue weighted by molar-refractivity contribution is -0.108. The van der Waals surface area contributed by atoms with Gasteiger partial charge in [-0.25, -0.2) is 4.79 Å². The second-order valence-electron chi connectivity index (χ2n) is 4.29. The Morgan fingerprint density at radius 3 is 2.83 bits per heavy atom. The Morgan fingerprint density at radius 2 is 2.11 bits per heavy atom. The summed E-state index contributed by atoms with van der Waals surface area (Å²) in [6.07, 6.45) is 1.67.